The lowest BCUT2D eigenvalue weighted by molar-refractivity contribution is -0.119. The number of esters is 1. The first-order chi connectivity index (χ1) is 10.8. The van der Waals surface area contributed by atoms with Crippen LogP contribution in [0.4, 0.5) is 18.9 Å². The highest BCUT2D eigenvalue weighted by molar-refractivity contribution is 5.96. The molecule has 0 atom stereocenters. The molecule has 2 rings (SSSR count). The van der Waals surface area contributed by atoms with Crippen molar-refractivity contribution in [3.05, 3.63) is 46.6 Å². The normalized spacial score (nSPS) is 10.5. The van der Waals surface area contributed by atoms with E-state index in [0.29, 0.717) is 11.8 Å². The van der Waals surface area contributed by atoms with Gasteiger partial charge in [0.05, 0.1) is 11.4 Å². The van der Waals surface area contributed by atoms with E-state index in [2.05, 4.69) is 5.16 Å². The first kappa shape index (κ1) is 16.5. The Labute approximate surface area is 128 Å². The number of hydrogen-bond acceptors (Lipinski definition) is 5. The van der Waals surface area contributed by atoms with Crippen LogP contribution in [0.5, 0.6) is 0 Å². The number of ether oxygens (including phenoxy) is 1. The molecular weight excluding hydrogens is 317 g/mol. The number of aryl methyl sites for hydroxylation is 2. The van der Waals surface area contributed by atoms with Gasteiger partial charge in [-0.05, 0) is 26.0 Å². The van der Waals surface area contributed by atoms with Crippen LogP contribution in [0.1, 0.15) is 21.8 Å². The average Bonchev–Trinajstić information content (AvgIpc) is 2.84. The molecule has 1 aromatic carbocycles. The highest BCUT2D eigenvalue weighted by atomic mass is 19.2. The van der Waals surface area contributed by atoms with Crippen molar-refractivity contribution < 1.29 is 32.0 Å². The number of nitrogens with zero attached hydrogens (tertiary/aromatic N) is 1. The number of rotatable bonds is 4. The first-order valence-electron chi connectivity index (χ1n) is 6.34. The Balaban J connectivity index is 1.99. The van der Waals surface area contributed by atoms with Gasteiger partial charge in [-0.2, -0.15) is 0 Å². The molecule has 0 aliphatic carbocycles. The van der Waals surface area contributed by atoms with Crippen molar-refractivity contribution in [3.8, 4) is 0 Å². The first-order valence-corrected chi connectivity index (χ1v) is 6.34. The van der Waals surface area contributed by atoms with Gasteiger partial charge in [-0.1, -0.05) is 5.16 Å². The minimum Gasteiger partial charge on any atom is -0.452 e. The summed E-state index contributed by atoms with van der Waals surface area (Å²) in [5.74, 6) is -6.19. The largest absolute Gasteiger partial charge is 0.452 e. The number of anilines is 1. The molecule has 2 aromatic rings. The number of halogens is 3. The minimum absolute atomic E-state index is 0.0804. The van der Waals surface area contributed by atoms with Crippen molar-refractivity contribution in [2.24, 2.45) is 0 Å². The SMILES string of the molecule is Cc1noc(C)c1C(=O)OCC(=O)Nc1ccc(F)c(F)c1F. The van der Waals surface area contributed by atoms with E-state index in [0.717, 1.165) is 6.07 Å². The van der Waals surface area contributed by atoms with E-state index < -0.39 is 41.6 Å². The van der Waals surface area contributed by atoms with Crippen LogP contribution in [0.3, 0.4) is 0 Å². The smallest absolute Gasteiger partial charge is 0.344 e. The van der Waals surface area contributed by atoms with Gasteiger partial charge in [0, 0.05) is 0 Å². The van der Waals surface area contributed by atoms with E-state index in [1.807, 2.05) is 5.32 Å². The number of carbonyl (C=O) groups excluding carboxylic acids is 2. The Morgan fingerprint density at radius 1 is 1.22 bits per heavy atom. The molecule has 0 unspecified atom stereocenters. The third kappa shape index (κ3) is 3.50. The van der Waals surface area contributed by atoms with Crippen molar-refractivity contribution in [2.75, 3.05) is 11.9 Å². The zero-order valence-corrected chi connectivity index (χ0v) is 12.1. The number of amides is 1. The molecule has 23 heavy (non-hydrogen) atoms. The van der Waals surface area contributed by atoms with Crippen molar-refractivity contribution in [2.45, 2.75) is 13.8 Å². The summed E-state index contributed by atoms with van der Waals surface area (Å²) >= 11 is 0. The molecule has 0 fully saturated rings. The maximum Gasteiger partial charge on any atom is 0.344 e. The predicted molar refractivity (Wildman–Crippen MR) is 71.2 cm³/mol. The molecule has 1 N–H and O–H groups in total. The summed E-state index contributed by atoms with van der Waals surface area (Å²) in [4.78, 5) is 23.4. The van der Waals surface area contributed by atoms with Crippen LogP contribution in [-0.2, 0) is 9.53 Å². The fourth-order valence-corrected chi connectivity index (χ4v) is 1.79. The fourth-order valence-electron chi connectivity index (χ4n) is 1.79. The second kappa shape index (κ2) is 6.51. The lowest BCUT2D eigenvalue weighted by Gasteiger charge is -2.08. The predicted octanol–water partition coefficient (Wildman–Crippen LogP) is 2.50. The second-order valence-electron chi connectivity index (χ2n) is 4.55. The van der Waals surface area contributed by atoms with Crippen LogP contribution in [0.15, 0.2) is 16.7 Å². The summed E-state index contributed by atoms with van der Waals surface area (Å²) in [7, 11) is 0. The van der Waals surface area contributed by atoms with Gasteiger partial charge >= 0.3 is 5.97 Å². The van der Waals surface area contributed by atoms with E-state index in [-0.39, 0.29) is 11.3 Å². The van der Waals surface area contributed by atoms with Crippen LogP contribution in [0.2, 0.25) is 0 Å². The van der Waals surface area contributed by atoms with E-state index >= 15 is 0 Å². The molecule has 0 aliphatic rings. The van der Waals surface area contributed by atoms with E-state index in [1.54, 1.807) is 0 Å². The molecule has 1 aromatic heterocycles. The molecule has 0 saturated heterocycles. The Morgan fingerprint density at radius 2 is 1.91 bits per heavy atom. The molecule has 122 valence electrons. The summed E-state index contributed by atoms with van der Waals surface area (Å²) < 4.78 is 48.7. The third-order valence-corrected chi connectivity index (χ3v) is 2.88. The van der Waals surface area contributed by atoms with Crippen LogP contribution in [0, 0.1) is 31.3 Å². The standard InChI is InChI=1S/C14H11F3N2O4/c1-6-11(7(2)23-19-6)14(21)22-5-10(20)18-9-4-3-8(15)12(16)13(9)17/h3-4H,5H2,1-2H3,(H,18,20). The zero-order chi connectivity index (χ0) is 17.1. The van der Waals surface area contributed by atoms with Crippen LogP contribution >= 0.6 is 0 Å². The average molecular weight is 328 g/mol. The van der Waals surface area contributed by atoms with Gasteiger partial charge in [0.2, 0.25) is 0 Å². The Morgan fingerprint density at radius 3 is 2.52 bits per heavy atom. The molecule has 1 heterocycles. The maximum atomic E-state index is 13.4. The van der Waals surface area contributed by atoms with E-state index in [4.69, 9.17) is 9.26 Å². The Bertz CT molecular complexity index is 754. The van der Waals surface area contributed by atoms with E-state index in [9.17, 15) is 22.8 Å². The van der Waals surface area contributed by atoms with Crippen LogP contribution < -0.4 is 5.32 Å². The minimum atomic E-state index is -1.71. The number of benzene rings is 1. The maximum absolute atomic E-state index is 13.4. The number of hydrogen-bond donors (Lipinski definition) is 1. The highest BCUT2D eigenvalue weighted by Gasteiger charge is 2.21. The van der Waals surface area contributed by atoms with Gasteiger partial charge in [-0.25, -0.2) is 18.0 Å². The van der Waals surface area contributed by atoms with Crippen molar-refractivity contribution in [1.29, 1.82) is 0 Å². The quantitative estimate of drug-likeness (QED) is 0.689. The third-order valence-electron chi connectivity index (χ3n) is 2.88. The topological polar surface area (TPSA) is 81.4 Å². The van der Waals surface area contributed by atoms with Crippen LogP contribution in [0.25, 0.3) is 0 Å². The summed E-state index contributed by atoms with van der Waals surface area (Å²) in [6, 6.07) is 1.51. The fraction of sp³-hybridized carbons (Fsp3) is 0.214. The summed E-state index contributed by atoms with van der Waals surface area (Å²) in [6.45, 7) is 2.26. The zero-order valence-electron chi connectivity index (χ0n) is 12.1. The molecule has 0 radical (unpaired) electrons. The van der Waals surface area contributed by atoms with Crippen molar-refractivity contribution >= 4 is 17.6 Å². The monoisotopic (exact) mass is 328 g/mol. The lowest BCUT2D eigenvalue weighted by Crippen LogP contribution is -2.22. The van der Waals surface area contributed by atoms with Gasteiger partial charge in [-0.15, -0.1) is 0 Å². The van der Waals surface area contributed by atoms with Gasteiger partial charge in [-0.3, -0.25) is 4.79 Å². The molecular formula is C14H11F3N2O4. The van der Waals surface area contributed by atoms with Crippen LogP contribution in [-0.4, -0.2) is 23.6 Å². The Hall–Kier alpha value is -2.84. The van der Waals surface area contributed by atoms with Gasteiger partial charge in [0.15, 0.2) is 24.1 Å². The molecule has 0 saturated carbocycles. The van der Waals surface area contributed by atoms with E-state index in [1.165, 1.54) is 13.8 Å². The number of nitrogens with one attached hydrogen (secondary N) is 1. The summed E-state index contributed by atoms with van der Waals surface area (Å²) in [6.07, 6.45) is 0. The van der Waals surface area contributed by atoms with Gasteiger partial charge < -0.3 is 14.6 Å². The highest BCUT2D eigenvalue weighted by Crippen LogP contribution is 2.19. The lowest BCUT2D eigenvalue weighted by atomic mass is 10.2. The number of carbonyl (C=O) groups is 2. The van der Waals surface area contributed by atoms with Crippen molar-refractivity contribution in [3.63, 3.8) is 0 Å². The molecule has 0 spiro atoms. The molecule has 9 heteroatoms. The van der Waals surface area contributed by atoms with Gasteiger partial charge in [0.1, 0.15) is 11.3 Å². The Kier molecular flexibility index (Phi) is 4.68. The molecule has 1 amide bonds. The van der Waals surface area contributed by atoms with Crippen molar-refractivity contribution in [1.82, 2.24) is 5.16 Å². The molecule has 0 bridgehead atoms. The summed E-state index contributed by atoms with van der Waals surface area (Å²) in [5, 5.41) is 5.53. The summed E-state index contributed by atoms with van der Waals surface area (Å²) in [5.41, 5.74) is -0.196. The molecule has 6 nitrogen and oxygen atoms in total. The van der Waals surface area contributed by atoms with Gasteiger partial charge in [0.25, 0.3) is 5.91 Å². The number of aromatic nitrogens is 1. The molecule has 0 aliphatic heterocycles. The second-order valence-corrected chi connectivity index (χ2v) is 4.55.